The summed E-state index contributed by atoms with van der Waals surface area (Å²) in [5.41, 5.74) is 2.43. The number of fused-ring (bicyclic) bond motifs is 3. The Kier molecular flexibility index (Phi) is 9.41. The van der Waals surface area contributed by atoms with E-state index in [-0.39, 0.29) is 47.8 Å². The normalized spacial score (nSPS) is 12.8. The van der Waals surface area contributed by atoms with Crippen molar-refractivity contribution in [1.29, 1.82) is 0 Å². The predicted octanol–water partition coefficient (Wildman–Crippen LogP) is 2.65. The topological polar surface area (TPSA) is 174 Å². The Balaban J connectivity index is 1.48. The van der Waals surface area contributed by atoms with Gasteiger partial charge in [0.1, 0.15) is 11.9 Å². The third-order valence-corrected chi connectivity index (χ3v) is 8.00. The minimum absolute atomic E-state index is 0.00587. The lowest BCUT2D eigenvalue weighted by Crippen LogP contribution is -2.42. The van der Waals surface area contributed by atoms with E-state index in [0.717, 1.165) is 5.56 Å². The zero-order valence-corrected chi connectivity index (χ0v) is 24.3. The highest BCUT2D eigenvalue weighted by Crippen LogP contribution is 2.32. The molecular weight excluding hydrogens is 564 g/mol. The van der Waals surface area contributed by atoms with Crippen LogP contribution < -0.4 is 15.6 Å². The van der Waals surface area contributed by atoms with Gasteiger partial charge < -0.3 is 19.8 Å². The number of hydrogen-bond donors (Lipinski definition) is 3. The first-order valence-electron chi connectivity index (χ1n) is 13.5. The van der Waals surface area contributed by atoms with Crippen LogP contribution in [-0.4, -0.2) is 55.5 Å². The number of amides is 1. The maximum atomic E-state index is 13.2. The third-order valence-electron chi connectivity index (χ3n) is 6.62. The van der Waals surface area contributed by atoms with E-state index in [2.05, 4.69) is 20.0 Å². The molecule has 4 rings (SSSR count). The summed E-state index contributed by atoms with van der Waals surface area (Å²) in [7, 11) is -4.05. The molecule has 1 aliphatic rings. The van der Waals surface area contributed by atoms with E-state index in [1.165, 1.54) is 36.4 Å². The minimum atomic E-state index is -4.05. The van der Waals surface area contributed by atoms with Gasteiger partial charge in [0.25, 0.3) is 21.5 Å². The number of esters is 2. The summed E-state index contributed by atoms with van der Waals surface area (Å²) in [4.78, 5) is 56.6. The van der Waals surface area contributed by atoms with Crippen molar-refractivity contribution < 1.29 is 32.3 Å². The number of H-pyrrole nitrogens is 1. The van der Waals surface area contributed by atoms with Crippen LogP contribution in [-0.2, 0) is 41.9 Å². The molecule has 1 aliphatic carbocycles. The Morgan fingerprint density at radius 3 is 2.43 bits per heavy atom. The summed E-state index contributed by atoms with van der Waals surface area (Å²) in [6.45, 7) is 5.29. The quantitative estimate of drug-likeness (QED) is 0.281. The molecule has 0 spiro atoms. The molecule has 42 heavy (non-hydrogen) atoms. The van der Waals surface area contributed by atoms with Crippen LogP contribution in [0, 0.1) is 6.92 Å². The van der Waals surface area contributed by atoms with Crippen LogP contribution >= 0.6 is 0 Å². The highest BCUT2D eigenvalue weighted by molar-refractivity contribution is 7.92. The zero-order valence-electron chi connectivity index (χ0n) is 23.5. The number of aromatic amines is 1. The van der Waals surface area contributed by atoms with Gasteiger partial charge in [0, 0.05) is 17.7 Å². The van der Waals surface area contributed by atoms with Crippen molar-refractivity contribution in [3.63, 3.8) is 0 Å². The molecule has 12 nitrogen and oxygen atoms in total. The monoisotopic (exact) mass is 596 g/mol. The molecule has 1 heterocycles. The smallest absolute Gasteiger partial charge is 0.328 e. The molecule has 0 fully saturated rings. The van der Waals surface area contributed by atoms with Gasteiger partial charge in [-0.25, -0.2) is 18.2 Å². The molecule has 1 aromatic heterocycles. The van der Waals surface area contributed by atoms with Crippen molar-refractivity contribution in [2.24, 2.45) is 0 Å². The number of hydrogen-bond acceptors (Lipinski definition) is 9. The van der Waals surface area contributed by atoms with Crippen molar-refractivity contribution in [2.75, 3.05) is 17.9 Å². The molecular formula is C29H32N4O8S. The predicted molar refractivity (Wildman–Crippen MR) is 153 cm³/mol. The summed E-state index contributed by atoms with van der Waals surface area (Å²) in [5, 5.41) is 2.56. The fraction of sp³-hybridized carbons (Fsp3) is 0.345. The van der Waals surface area contributed by atoms with Crippen LogP contribution in [0.1, 0.15) is 54.1 Å². The van der Waals surface area contributed by atoms with E-state index in [1.807, 2.05) is 0 Å². The molecule has 1 atom stereocenters. The van der Waals surface area contributed by atoms with Crippen LogP contribution in [0.25, 0.3) is 11.1 Å². The summed E-state index contributed by atoms with van der Waals surface area (Å²) in [6.07, 6.45) is 1.13. The number of aryl methyl sites for hydroxylation is 3. The Bertz CT molecular complexity index is 1670. The van der Waals surface area contributed by atoms with E-state index < -0.39 is 33.9 Å². The lowest BCUT2D eigenvalue weighted by molar-refractivity contribution is -0.146. The summed E-state index contributed by atoms with van der Waals surface area (Å²) in [6, 6.07) is 9.20. The van der Waals surface area contributed by atoms with E-state index in [1.54, 1.807) is 26.8 Å². The van der Waals surface area contributed by atoms with Crippen molar-refractivity contribution in [3.05, 3.63) is 75.5 Å². The number of rotatable bonds is 11. The zero-order chi connectivity index (χ0) is 30.4. The number of ether oxygens (including phenoxy) is 2. The number of carbonyl (C=O) groups is 3. The molecule has 0 saturated carbocycles. The van der Waals surface area contributed by atoms with Gasteiger partial charge in [0.15, 0.2) is 0 Å². The SMILES string of the molecule is CCOC(=O)CC[C@H](NC(=O)c1ccc(NS(=O)(=O)c2ccc3c(c2)-c2c(nc(C)[nH]c2=O)CC3)cc1)C(=O)OCC. The molecule has 1 amide bonds. The van der Waals surface area contributed by atoms with Crippen LogP contribution in [0.3, 0.4) is 0 Å². The van der Waals surface area contributed by atoms with E-state index >= 15 is 0 Å². The Hall–Kier alpha value is -4.52. The van der Waals surface area contributed by atoms with E-state index in [4.69, 9.17) is 9.47 Å². The van der Waals surface area contributed by atoms with E-state index in [9.17, 15) is 27.6 Å². The molecule has 3 aromatic rings. The standard InChI is InChI=1S/C29H32N4O8S/c1-4-40-25(34)15-14-24(29(37)41-5-2)32-27(35)19-6-10-20(11-7-19)33-42(38,39)21-12-8-18-9-13-23-26(22(18)16-21)28(36)31-17(3)30-23/h6-8,10-12,16,24,33H,4-5,9,13-15H2,1-3H3,(H,32,35)(H,30,31,36)/t24-/m0/s1. The maximum Gasteiger partial charge on any atom is 0.328 e. The maximum absolute atomic E-state index is 13.2. The Labute approximate surface area is 242 Å². The van der Waals surface area contributed by atoms with Gasteiger partial charge in [-0.3, -0.25) is 19.1 Å². The van der Waals surface area contributed by atoms with Gasteiger partial charge in [-0.1, -0.05) is 6.07 Å². The van der Waals surface area contributed by atoms with Crippen LogP contribution in [0.15, 0.2) is 52.2 Å². The second-order valence-corrected chi connectivity index (χ2v) is 11.3. The van der Waals surface area contributed by atoms with Gasteiger partial charge in [-0.2, -0.15) is 0 Å². The highest BCUT2D eigenvalue weighted by Gasteiger charge is 2.26. The first kappa shape index (κ1) is 30.4. The first-order valence-corrected chi connectivity index (χ1v) is 15.0. The van der Waals surface area contributed by atoms with Crippen molar-refractivity contribution >= 4 is 33.6 Å². The summed E-state index contributed by atoms with van der Waals surface area (Å²) >= 11 is 0. The molecule has 3 N–H and O–H groups in total. The highest BCUT2D eigenvalue weighted by atomic mass is 32.2. The van der Waals surface area contributed by atoms with Crippen LogP contribution in [0.2, 0.25) is 0 Å². The van der Waals surface area contributed by atoms with Gasteiger partial charge in [-0.05, 0) is 87.6 Å². The second kappa shape index (κ2) is 13.0. The lowest BCUT2D eigenvalue weighted by Gasteiger charge is -2.19. The number of carbonyl (C=O) groups excluding carboxylic acids is 3. The van der Waals surface area contributed by atoms with Gasteiger partial charge >= 0.3 is 11.9 Å². The number of aromatic nitrogens is 2. The number of benzene rings is 2. The van der Waals surface area contributed by atoms with Gasteiger partial charge in [0.05, 0.1) is 29.4 Å². The molecule has 0 unspecified atom stereocenters. The number of nitrogens with one attached hydrogen (secondary N) is 3. The summed E-state index contributed by atoms with van der Waals surface area (Å²) < 4.78 is 38.8. The van der Waals surface area contributed by atoms with Crippen molar-refractivity contribution in [3.8, 4) is 11.1 Å². The van der Waals surface area contributed by atoms with Gasteiger partial charge in [0.2, 0.25) is 0 Å². The molecule has 0 bridgehead atoms. The number of nitrogens with zero attached hydrogens (tertiary/aromatic N) is 1. The number of anilines is 1. The fourth-order valence-electron chi connectivity index (χ4n) is 4.66. The first-order chi connectivity index (χ1) is 20.0. The van der Waals surface area contributed by atoms with Gasteiger partial charge in [-0.15, -0.1) is 0 Å². The fourth-order valence-corrected chi connectivity index (χ4v) is 5.75. The average Bonchev–Trinajstić information content (AvgIpc) is 2.94. The van der Waals surface area contributed by atoms with E-state index in [0.29, 0.717) is 35.5 Å². The van der Waals surface area contributed by atoms with Crippen molar-refractivity contribution in [1.82, 2.24) is 15.3 Å². The molecule has 0 saturated heterocycles. The molecule has 13 heteroatoms. The lowest BCUT2D eigenvalue weighted by atomic mass is 9.89. The Morgan fingerprint density at radius 2 is 1.74 bits per heavy atom. The van der Waals surface area contributed by atoms with Crippen molar-refractivity contribution in [2.45, 2.75) is 57.4 Å². The largest absolute Gasteiger partial charge is 0.466 e. The average molecular weight is 597 g/mol. The minimum Gasteiger partial charge on any atom is -0.466 e. The summed E-state index contributed by atoms with van der Waals surface area (Å²) in [5.74, 6) is -1.29. The number of sulfonamides is 1. The molecule has 0 aliphatic heterocycles. The third kappa shape index (κ3) is 7.03. The Morgan fingerprint density at radius 1 is 1.02 bits per heavy atom. The molecule has 2 aromatic carbocycles. The second-order valence-electron chi connectivity index (χ2n) is 9.60. The van der Waals surface area contributed by atoms with Crippen LogP contribution in [0.4, 0.5) is 5.69 Å². The molecule has 0 radical (unpaired) electrons. The molecule has 222 valence electrons. The van der Waals surface area contributed by atoms with Crippen LogP contribution in [0.5, 0.6) is 0 Å².